The van der Waals surface area contributed by atoms with E-state index in [1.54, 1.807) is 30.3 Å². The molecule has 276 valence electrons. The topological polar surface area (TPSA) is 261 Å². The molecule has 1 aromatic rings. The van der Waals surface area contributed by atoms with Gasteiger partial charge in [-0.2, -0.15) is 12.6 Å². The number of nitrogens with one attached hydrogen (secondary N) is 4. The first-order chi connectivity index (χ1) is 22.9. The van der Waals surface area contributed by atoms with Crippen molar-refractivity contribution < 1.29 is 48.5 Å². The molecule has 16 nitrogen and oxygen atoms in total. The van der Waals surface area contributed by atoms with Gasteiger partial charge in [0.05, 0.1) is 30.8 Å². The Labute approximate surface area is 292 Å². The summed E-state index contributed by atoms with van der Waals surface area (Å²) in [6.07, 6.45) is 0.318. The maximum Gasteiger partial charge on any atom is 0.327 e. The summed E-state index contributed by atoms with van der Waals surface area (Å²) in [6, 6.07) is 3.42. The van der Waals surface area contributed by atoms with Crippen molar-refractivity contribution in [3.8, 4) is 0 Å². The number of hydrogen-bond donors (Lipinski definition) is 9. The highest BCUT2D eigenvalue weighted by Crippen LogP contribution is 2.21. The fourth-order valence-electron chi connectivity index (χ4n) is 4.34. The monoisotopic (exact) mass is 712 g/mol. The van der Waals surface area contributed by atoms with E-state index < -0.39 is 83.9 Å². The molecule has 1 aromatic carbocycles. The number of carboxylic acids is 2. The molecule has 0 bridgehead atoms. The summed E-state index contributed by atoms with van der Waals surface area (Å²) < 4.78 is 11.7. The molecule has 0 unspecified atom stereocenters. The lowest BCUT2D eigenvalue weighted by molar-refractivity contribution is -0.143. The van der Waals surface area contributed by atoms with Crippen LogP contribution in [0.15, 0.2) is 30.3 Å². The van der Waals surface area contributed by atoms with Crippen LogP contribution in [0.5, 0.6) is 0 Å². The van der Waals surface area contributed by atoms with Gasteiger partial charge < -0.3 is 52.4 Å². The predicted octanol–water partition coefficient (Wildman–Crippen LogP) is -0.664. The molecule has 0 heterocycles. The van der Waals surface area contributed by atoms with Gasteiger partial charge in [-0.1, -0.05) is 30.3 Å². The summed E-state index contributed by atoms with van der Waals surface area (Å²) in [5.41, 5.74) is 11.1. The number of carbonyl (C=O) groups is 6. The highest BCUT2D eigenvalue weighted by Gasteiger charge is 2.30. The number of benzene rings is 1. The third kappa shape index (κ3) is 18.0. The average molecular weight is 713 g/mol. The Kier molecular flexibility index (Phi) is 18.8. The molecule has 49 heavy (non-hydrogen) atoms. The SMILES string of the molecule is CC(C)(CCOC(C)(C)CCC(=O)N[C@@H](Cc1ccccc1)C(=O)NC[C@H](N)C(=O)N[C@@H](CC(=O)O)C(=O)N[C@@H](CS)C(=O)O)OCCN. The lowest BCUT2D eigenvalue weighted by atomic mass is 10.0. The molecule has 10 N–H and O–H groups in total. The Balaban J connectivity index is 2.84. The van der Waals surface area contributed by atoms with Crippen LogP contribution in [-0.2, 0) is 44.7 Å². The zero-order valence-corrected chi connectivity index (χ0v) is 29.4. The van der Waals surface area contributed by atoms with E-state index in [2.05, 4.69) is 33.9 Å². The van der Waals surface area contributed by atoms with Crippen molar-refractivity contribution in [1.29, 1.82) is 0 Å². The highest BCUT2D eigenvalue weighted by molar-refractivity contribution is 7.80. The van der Waals surface area contributed by atoms with Gasteiger partial charge >= 0.3 is 11.9 Å². The van der Waals surface area contributed by atoms with Gasteiger partial charge in [-0.3, -0.25) is 24.0 Å². The van der Waals surface area contributed by atoms with Gasteiger partial charge in [0.25, 0.3) is 0 Å². The predicted molar refractivity (Wildman–Crippen MR) is 184 cm³/mol. The summed E-state index contributed by atoms with van der Waals surface area (Å²) in [5.74, 6) is -6.18. The van der Waals surface area contributed by atoms with E-state index in [1.807, 2.05) is 27.7 Å². The van der Waals surface area contributed by atoms with Gasteiger partial charge in [0.2, 0.25) is 23.6 Å². The van der Waals surface area contributed by atoms with Crippen molar-refractivity contribution >= 4 is 48.2 Å². The smallest absolute Gasteiger partial charge is 0.327 e. The number of aliphatic carboxylic acids is 2. The standard InChI is InChI=1S/C32H52N6O10S/c1-31(2,47-14-12-32(3,4)48-15-13-33)11-10-25(39)36-22(16-20-8-6-5-7-9-20)28(43)35-18-21(34)27(42)37-23(17-26(40)41)29(44)38-24(19-49)30(45)46/h5-9,21-24,49H,10-19,33-34H2,1-4H3,(H,35,43)(H,36,39)(H,37,42)(H,38,44)(H,40,41)(H,45,46)/t21-,22-,23-,24-/m0/s1. The Hall–Kier alpha value is -3.77. The molecule has 0 saturated heterocycles. The third-order valence-electron chi connectivity index (χ3n) is 7.34. The summed E-state index contributed by atoms with van der Waals surface area (Å²) in [5, 5.41) is 27.9. The molecule has 0 aliphatic rings. The van der Waals surface area contributed by atoms with Crippen LogP contribution < -0.4 is 32.7 Å². The first kappa shape index (κ1) is 43.3. The Morgan fingerprint density at radius 1 is 0.816 bits per heavy atom. The van der Waals surface area contributed by atoms with E-state index in [1.165, 1.54) is 0 Å². The van der Waals surface area contributed by atoms with Crippen LogP contribution in [0.1, 0.15) is 58.9 Å². The van der Waals surface area contributed by atoms with Crippen molar-refractivity contribution in [2.24, 2.45) is 11.5 Å². The second kappa shape index (κ2) is 21.3. The molecule has 4 amide bonds. The number of carbonyl (C=O) groups excluding carboxylic acids is 4. The molecule has 4 atom stereocenters. The number of carboxylic acid groups (broad SMARTS) is 2. The Morgan fingerprint density at radius 3 is 1.98 bits per heavy atom. The van der Waals surface area contributed by atoms with E-state index in [-0.39, 0.29) is 18.6 Å². The summed E-state index contributed by atoms with van der Waals surface area (Å²) >= 11 is 3.84. The lowest BCUT2D eigenvalue weighted by Gasteiger charge is -2.30. The maximum absolute atomic E-state index is 13.3. The summed E-state index contributed by atoms with van der Waals surface area (Å²) in [7, 11) is 0. The highest BCUT2D eigenvalue weighted by atomic mass is 32.1. The molecule has 0 aliphatic heterocycles. The van der Waals surface area contributed by atoms with Crippen LogP contribution in [0.3, 0.4) is 0 Å². The first-order valence-corrected chi connectivity index (χ1v) is 16.5. The van der Waals surface area contributed by atoms with Gasteiger partial charge in [0, 0.05) is 31.7 Å². The minimum absolute atomic E-state index is 0.0591. The van der Waals surface area contributed by atoms with Gasteiger partial charge in [-0.05, 0) is 46.1 Å². The molecule has 17 heteroatoms. The molecule has 0 radical (unpaired) electrons. The number of hydrogen-bond acceptors (Lipinski definition) is 11. The second-order valence-electron chi connectivity index (χ2n) is 12.7. The van der Waals surface area contributed by atoms with Gasteiger partial charge in [0.15, 0.2) is 0 Å². The minimum Gasteiger partial charge on any atom is -0.481 e. The van der Waals surface area contributed by atoms with Crippen LogP contribution in [-0.4, -0.2) is 113 Å². The van der Waals surface area contributed by atoms with Crippen LogP contribution in [0.2, 0.25) is 0 Å². The fraction of sp³-hybridized carbons (Fsp3) is 0.625. The summed E-state index contributed by atoms with van der Waals surface area (Å²) in [4.78, 5) is 74.1. The fourth-order valence-corrected chi connectivity index (χ4v) is 4.59. The van der Waals surface area contributed by atoms with Crippen LogP contribution in [0.4, 0.5) is 0 Å². The van der Waals surface area contributed by atoms with Crippen molar-refractivity contribution in [3.63, 3.8) is 0 Å². The second-order valence-corrected chi connectivity index (χ2v) is 13.0. The van der Waals surface area contributed by atoms with E-state index >= 15 is 0 Å². The van der Waals surface area contributed by atoms with Crippen molar-refractivity contribution in [2.75, 3.05) is 32.1 Å². The van der Waals surface area contributed by atoms with Gasteiger partial charge in [-0.25, -0.2) is 4.79 Å². The molecule has 0 saturated carbocycles. The largest absolute Gasteiger partial charge is 0.481 e. The van der Waals surface area contributed by atoms with Gasteiger partial charge in [-0.15, -0.1) is 0 Å². The van der Waals surface area contributed by atoms with Gasteiger partial charge in [0.1, 0.15) is 24.2 Å². The number of nitrogens with two attached hydrogens (primary N) is 2. The Bertz CT molecular complexity index is 1250. The zero-order chi connectivity index (χ0) is 37.2. The molecular weight excluding hydrogens is 660 g/mol. The minimum atomic E-state index is -1.65. The summed E-state index contributed by atoms with van der Waals surface area (Å²) in [6.45, 7) is 8.46. The van der Waals surface area contributed by atoms with Crippen LogP contribution in [0, 0.1) is 0 Å². The number of amides is 4. The zero-order valence-electron chi connectivity index (χ0n) is 28.5. The van der Waals surface area contributed by atoms with Crippen molar-refractivity contribution in [3.05, 3.63) is 35.9 Å². The van der Waals surface area contributed by atoms with Crippen LogP contribution >= 0.6 is 12.6 Å². The molecular formula is C32H52N6O10S. The van der Waals surface area contributed by atoms with Crippen LogP contribution in [0.25, 0.3) is 0 Å². The molecule has 0 aromatic heterocycles. The Morgan fingerprint density at radius 2 is 1.41 bits per heavy atom. The third-order valence-corrected chi connectivity index (χ3v) is 7.70. The average Bonchev–Trinajstić information content (AvgIpc) is 3.03. The van der Waals surface area contributed by atoms with E-state index in [4.69, 9.17) is 26.0 Å². The maximum atomic E-state index is 13.3. The molecule has 0 fully saturated rings. The quantitative estimate of drug-likeness (QED) is 0.0605. The van der Waals surface area contributed by atoms with E-state index in [9.17, 15) is 33.9 Å². The number of thiol groups is 1. The van der Waals surface area contributed by atoms with Crippen molar-refractivity contribution in [1.82, 2.24) is 21.3 Å². The normalized spacial score (nSPS) is 14.1. The molecule has 0 aliphatic carbocycles. The first-order valence-electron chi connectivity index (χ1n) is 15.9. The van der Waals surface area contributed by atoms with E-state index in [0.29, 0.717) is 32.6 Å². The van der Waals surface area contributed by atoms with E-state index in [0.717, 1.165) is 5.56 Å². The molecule has 1 rings (SSSR count). The number of rotatable bonds is 24. The lowest BCUT2D eigenvalue weighted by Crippen LogP contribution is -2.58. The van der Waals surface area contributed by atoms with Crippen molar-refractivity contribution in [2.45, 2.75) is 95.2 Å². The molecule has 0 spiro atoms. The number of ether oxygens (including phenoxy) is 2.